The highest BCUT2D eigenvalue weighted by molar-refractivity contribution is 5.61. The van der Waals surface area contributed by atoms with Crippen molar-refractivity contribution >= 4 is 11.5 Å². The summed E-state index contributed by atoms with van der Waals surface area (Å²) in [6.07, 6.45) is 0. The van der Waals surface area contributed by atoms with E-state index in [4.69, 9.17) is 10.5 Å². The number of pyridine rings is 1. The Hall–Kier alpha value is -2.23. The minimum absolute atomic E-state index is 0.656. The molecule has 0 unspecified atom stereocenters. The van der Waals surface area contributed by atoms with E-state index in [1.807, 2.05) is 43.3 Å². The fraction of sp³-hybridized carbons (Fsp3) is 0.214. The molecule has 0 atom stereocenters. The van der Waals surface area contributed by atoms with E-state index in [1.165, 1.54) is 0 Å². The topological polar surface area (TPSA) is 60.2 Å². The van der Waals surface area contributed by atoms with Crippen molar-refractivity contribution in [2.45, 2.75) is 13.5 Å². The molecule has 0 spiro atoms. The normalized spacial score (nSPS) is 10.1. The SMILES string of the molecule is COc1cccc(CNc2nc(C)ccc2N)c1. The van der Waals surface area contributed by atoms with Crippen LogP contribution in [0.3, 0.4) is 0 Å². The van der Waals surface area contributed by atoms with Crippen LogP contribution in [0, 0.1) is 6.92 Å². The first kappa shape index (κ1) is 12.2. The summed E-state index contributed by atoms with van der Waals surface area (Å²) >= 11 is 0. The highest BCUT2D eigenvalue weighted by Gasteiger charge is 2.01. The van der Waals surface area contributed by atoms with Crippen molar-refractivity contribution in [1.29, 1.82) is 0 Å². The van der Waals surface area contributed by atoms with Gasteiger partial charge in [0.15, 0.2) is 0 Å². The van der Waals surface area contributed by atoms with Crippen LogP contribution in [0.15, 0.2) is 36.4 Å². The van der Waals surface area contributed by atoms with Crippen LogP contribution in [0.1, 0.15) is 11.3 Å². The van der Waals surface area contributed by atoms with Crippen LogP contribution in [-0.2, 0) is 6.54 Å². The van der Waals surface area contributed by atoms with Crippen LogP contribution < -0.4 is 15.8 Å². The van der Waals surface area contributed by atoms with E-state index in [-0.39, 0.29) is 0 Å². The fourth-order valence-corrected chi connectivity index (χ4v) is 1.68. The third kappa shape index (κ3) is 2.91. The Morgan fingerprint density at radius 3 is 2.89 bits per heavy atom. The lowest BCUT2D eigenvalue weighted by atomic mass is 10.2. The molecular weight excluding hydrogens is 226 g/mol. The number of hydrogen-bond acceptors (Lipinski definition) is 4. The van der Waals surface area contributed by atoms with Crippen LogP contribution in [0.2, 0.25) is 0 Å². The zero-order chi connectivity index (χ0) is 13.0. The molecule has 0 aliphatic carbocycles. The van der Waals surface area contributed by atoms with E-state index in [0.29, 0.717) is 12.2 Å². The molecule has 94 valence electrons. The number of aromatic nitrogens is 1. The smallest absolute Gasteiger partial charge is 0.149 e. The van der Waals surface area contributed by atoms with Crippen LogP contribution in [0.5, 0.6) is 5.75 Å². The van der Waals surface area contributed by atoms with Crippen LogP contribution in [0.4, 0.5) is 11.5 Å². The summed E-state index contributed by atoms with van der Waals surface area (Å²) in [5.74, 6) is 1.57. The van der Waals surface area contributed by atoms with Gasteiger partial charge >= 0.3 is 0 Å². The van der Waals surface area contributed by atoms with Crippen molar-refractivity contribution in [2.75, 3.05) is 18.2 Å². The fourth-order valence-electron chi connectivity index (χ4n) is 1.68. The Kier molecular flexibility index (Phi) is 3.67. The van der Waals surface area contributed by atoms with Gasteiger partial charge in [0, 0.05) is 12.2 Å². The molecule has 3 N–H and O–H groups in total. The van der Waals surface area contributed by atoms with Gasteiger partial charge in [0.2, 0.25) is 0 Å². The molecule has 1 aromatic carbocycles. The van der Waals surface area contributed by atoms with Gasteiger partial charge in [0.1, 0.15) is 11.6 Å². The minimum atomic E-state index is 0.656. The maximum absolute atomic E-state index is 5.86. The van der Waals surface area contributed by atoms with Crippen LogP contribution in [0.25, 0.3) is 0 Å². The number of hydrogen-bond donors (Lipinski definition) is 2. The first-order valence-electron chi connectivity index (χ1n) is 5.79. The summed E-state index contributed by atoms with van der Waals surface area (Å²) in [5, 5.41) is 3.23. The van der Waals surface area contributed by atoms with E-state index in [9.17, 15) is 0 Å². The second kappa shape index (κ2) is 5.40. The lowest BCUT2D eigenvalue weighted by molar-refractivity contribution is 0.414. The Bertz CT molecular complexity index is 540. The molecule has 4 heteroatoms. The van der Waals surface area contributed by atoms with Gasteiger partial charge in [-0.3, -0.25) is 0 Å². The van der Waals surface area contributed by atoms with Gasteiger partial charge in [-0.05, 0) is 36.8 Å². The standard InChI is InChI=1S/C14H17N3O/c1-10-6-7-13(15)14(17-10)16-9-11-4-3-5-12(8-11)18-2/h3-8H,9,15H2,1-2H3,(H,16,17). The predicted molar refractivity (Wildman–Crippen MR) is 73.7 cm³/mol. The van der Waals surface area contributed by atoms with E-state index >= 15 is 0 Å². The highest BCUT2D eigenvalue weighted by atomic mass is 16.5. The summed E-state index contributed by atoms with van der Waals surface area (Å²) in [6.45, 7) is 2.61. The van der Waals surface area contributed by atoms with Crippen molar-refractivity contribution in [2.24, 2.45) is 0 Å². The molecule has 1 aromatic heterocycles. The Morgan fingerprint density at radius 1 is 1.28 bits per heavy atom. The average Bonchev–Trinajstić information content (AvgIpc) is 2.40. The van der Waals surface area contributed by atoms with Crippen molar-refractivity contribution in [3.63, 3.8) is 0 Å². The number of methoxy groups -OCH3 is 1. The third-order valence-electron chi connectivity index (χ3n) is 2.66. The zero-order valence-electron chi connectivity index (χ0n) is 10.6. The predicted octanol–water partition coefficient (Wildman–Crippen LogP) is 2.59. The number of nitrogen functional groups attached to an aromatic ring is 1. The summed E-state index contributed by atoms with van der Waals surface area (Å²) in [6, 6.07) is 11.6. The van der Waals surface area contributed by atoms with E-state index in [2.05, 4.69) is 10.3 Å². The van der Waals surface area contributed by atoms with Gasteiger partial charge in [-0.1, -0.05) is 12.1 Å². The third-order valence-corrected chi connectivity index (χ3v) is 2.66. The highest BCUT2D eigenvalue weighted by Crippen LogP contribution is 2.18. The maximum atomic E-state index is 5.86. The number of nitrogens with zero attached hydrogens (tertiary/aromatic N) is 1. The van der Waals surface area contributed by atoms with Crippen LogP contribution >= 0.6 is 0 Å². The molecule has 1 heterocycles. The van der Waals surface area contributed by atoms with Gasteiger partial charge in [0.05, 0.1) is 12.8 Å². The lowest BCUT2D eigenvalue weighted by Gasteiger charge is -2.09. The van der Waals surface area contributed by atoms with Gasteiger partial charge in [-0.2, -0.15) is 0 Å². The lowest BCUT2D eigenvalue weighted by Crippen LogP contribution is -2.05. The van der Waals surface area contributed by atoms with Crippen molar-refractivity contribution in [1.82, 2.24) is 4.98 Å². The maximum Gasteiger partial charge on any atom is 0.149 e. The first-order valence-corrected chi connectivity index (χ1v) is 5.79. The van der Waals surface area contributed by atoms with E-state index < -0.39 is 0 Å². The minimum Gasteiger partial charge on any atom is -0.497 e. The number of rotatable bonds is 4. The number of benzene rings is 1. The van der Waals surface area contributed by atoms with Gasteiger partial charge in [0.25, 0.3) is 0 Å². The molecule has 2 rings (SSSR count). The van der Waals surface area contributed by atoms with Crippen LogP contribution in [-0.4, -0.2) is 12.1 Å². The molecule has 0 saturated heterocycles. The van der Waals surface area contributed by atoms with E-state index in [0.717, 1.165) is 22.8 Å². The number of ether oxygens (including phenoxy) is 1. The first-order chi connectivity index (χ1) is 8.69. The van der Waals surface area contributed by atoms with Gasteiger partial charge in [-0.15, -0.1) is 0 Å². The number of aryl methyl sites for hydroxylation is 1. The molecule has 0 aliphatic rings. The van der Waals surface area contributed by atoms with Crippen molar-refractivity contribution < 1.29 is 4.74 Å². The zero-order valence-corrected chi connectivity index (χ0v) is 10.6. The van der Waals surface area contributed by atoms with Crippen molar-refractivity contribution in [3.05, 3.63) is 47.7 Å². The monoisotopic (exact) mass is 243 g/mol. The molecule has 4 nitrogen and oxygen atoms in total. The second-order valence-corrected chi connectivity index (χ2v) is 4.10. The quantitative estimate of drug-likeness (QED) is 0.866. The summed E-state index contributed by atoms with van der Waals surface area (Å²) in [7, 11) is 1.66. The molecule has 0 amide bonds. The van der Waals surface area contributed by atoms with E-state index in [1.54, 1.807) is 7.11 Å². The average molecular weight is 243 g/mol. The Morgan fingerprint density at radius 2 is 2.11 bits per heavy atom. The number of nitrogens with two attached hydrogens (primary N) is 1. The molecule has 0 saturated carbocycles. The molecule has 2 aromatic rings. The largest absolute Gasteiger partial charge is 0.497 e. The number of anilines is 2. The second-order valence-electron chi connectivity index (χ2n) is 4.10. The molecule has 18 heavy (non-hydrogen) atoms. The Labute approximate surface area is 107 Å². The Balaban J connectivity index is 2.08. The molecular formula is C14H17N3O. The summed E-state index contributed by atoms with van der Waals surface area (Å²) in [4.78, 5) is 4.36. The van der Waals surface area contributed by atoms with Gasteiger partial charge in [-0.25, -0.2) is 4.98 Å². The number of nitrogens with one attached hydrogen (secondary N) is 1. The molecule has 0 radical (unpaired) electrons. The molecule has 0 bridgehead atoms. The summed E-state index contributed by atoms with van der Waals surface area (Å²) in [5.41, 5.74) is 8.58. The summed E-state index contributed by atoms with van der Waals surface area (Å²) < 4.78 is 5.18. The van der Waals surface area contributed by atoms with Crippen molar-refractivity contribution in [3.8, 4) is 5.75 Å². The van der Waals surface area contributed by atoms with Gasteiger partial charge < -0.3 is 15.8 Å². The molecule has 0 aliphatic heterocycles. The molecule has 0 fully saturated rings.